The lowest BCUT2D eigenvalue weighted by Gasteiger charge is -2.01. The fourth-order valence-electron chi connectivity index (χ4n) is 0.402. The van der Waals surface area contributed by atoms with E-state index in [9.17, 15) is 9.59 Å². The number of hydrogen-bond acceptors (Lipinski definition) is 3. The summed E-state index contributed by atoms with van der Waals surface area (Å²) < 4.78 is 0. The minimum atomic E-state index is -1.17. The zero-order valence-electron chi connectivity index (χ0n) is 5.69. The van der Waals surface area contributed by atoms with Crippen molar-refractivity contribution in [2.24, 2.45) is 5.73 Å². The van der Waals surface area contributed by atoms with Gasteiger partial charge in [-0.2, -0.15) is 0 Å². The van der Waals surface area contributed by atoms with Crippen LogP contribution in [0.25, 0.3) is 0 Å². The number of carboxylic acid groups (broad SMARTS) is 2. The van der Waals surface area contributed by atoms with E-state index in [0.717, 1.165) is 0 Å². The lowest BCUT2D eigenvalue weighted by molar-refractivity contribution is -0.139. The van der Waals surface area contributed by atoms with Gasteiger partial charge in [-0.15, -0.1) is 17.0 Å². The Kier molecular flexibility index (Phi) is 7.23. The Morgan fingerprint density at radius 2 is 1.82 bits per heavy atom. The average Bonchev–Trinajstić information content (AvgIpc) is 1.82. The highest BCUT2D eigenvalue weighted by atomic mass is 79.9. The molecule has 0 heterocycles. The molecule has 66 valence electrons. The maximum Gasteiger partial charge on any atom is 0.320 e. The number of aliphatic carboxylic acids is 2. The van der Waals surface area contributed by atoms with Crippen molar-refractivity contribution in [1.29, 1.82) is 0 Å². The predicted molar refractivity (Wildman–Crippen MR) is 42.8 cm³/mol. The van der Waals surface area contributed by atoms with E-state index in [1.807, 2.05) is 0 Å². The molecular formula is C5H10BrNO4. The molecule has 0 aromatic heterocycles. The number of carbonyl (C=O) groups is 2. The third-order valence-electron chi connectivity index (χ3n) is 0.986. The van der Waals surface area contributed by atoms with Crippen LogP contribution in [0, 0.1) is 0 Å². The molecule has 0 spiro atoms. The van der Waals surface area contributed by atoms with E-state index in [-0.39, 0.29) is 29.8 Å². The van der Waals surface area contributed by atoms with E-state index in [1.165, 1.54) is 0 Å². The highest BCUT2D eigenvalue weighted by Crippen LogP contribution is 1.93. The summed E-state index contributed by atoms with van der Waals surface area (Å²) in [4.78, 5) is 19.9. The predicted octanol–water partition coefficient (Wildman–Crippen LogP) is -0.159. The summed E-state index contributed by atoms with van der Waals surface area (Å²) in [5.74, 6) is -2.20. The molecule has 0 saturated carbocycles. The van der Waals surface area contributed by atoms with Crippen LogP contribution in [0.4, 0.5) is 0 Å². The van der Waals surface area contributed by atoms with Crippen LogP contribution in [-0.4, -0.2) is 28.2 Å². The van der Waals surface area contributed by atoms with Gasteiger partial charge in [0.2, 0.25) is 0 Å². The highest BCUT2D eigenvalue weighted by molar-refractivity contribution is 8.93. The molecule has 0 aliphatic heterocycles. The molecule has 4 N–H and O–H groups in total. The molecular weight excluding hydrogens is 218 g/mol. The van der Waals surface area contributed by atoms with Gasteiger partial charge in [0.15, 0.2) is 0 Å². The van der Waals surface area contributed by atoms with E-state index in [0.29, 0.717) is 0 Å². The van der Waals surface area contributed by atoms with Crippen LogP contribution in [-0.2, 0) is 9.59 Å². The van der Waals surface area contributed by atoms with E-state index < -0.39 is 18.0 Å². The second-order valence-corrected chi connectivity index (χ2v) is 1.88. The zero-order chi connectivity index (χ0) is 8.15. The van der Waals surface area contributed by atoms with Crippen LogP contribution >= 0.6 is 17.0 Å². The van der Waals surface area contributed by atoms with Crippen LogP contribution in [0.3, 0.4) is 0 Å². The Balaban J connectivity index is 0. The molecule has 6 heteroatoms. The second-order valence-electron chi connectivity index (χ2n) is 1.88. The summed E-state index contributed by atoms with van der Waals surface area (Å²) in [5.41, 5.74) is 5.00. The van der Waals surface area contributed by atoms with Crippen LogP contribution < -0.4 is 5.73 Å². The number of nitrogens with two attached hydrogens (primary N) is 1. The number of hydrogen-bond donors (Lipinski definition) is 3. The van der Waals surface area contributed by atoms with Gasteiger partial charge in [0, 0.05) is 6.42 Å². The summed E-state index contributed by atoms with van der Waals surface area (Å²) in [5, 5.41) is 16.3. The average molecular weight is 228 g/mol. The van der Waals surface area contributed by atoms with Crippen LogP contribution in [0.5, 0.6) is 0 Å². The number of halogens is 1. The van der Waals surface area contributed by atoms with E-state index in [4.69, 9.17) is 15.9 Å². The molecule has 0 fully saturated rings. The molecule has 0 aromatic rings. The van der Waals surface area contributed by atoms with E-state index in [2.05, 4.69) is 0 Å². The Bertz CT molecular complexity index is 149. The Morgan fingerprint density at radius 1 is 1.36 bits per heavy atom. The molecule has 5 nitrogen and oxygen atoms in total. The highest BCUT2D eigenvalue weighted by Gasteiger charge is 2.12. The third kappa shape index (κ3) is 7.27. The van der Waals surface area contributed by atoms with Gasteiger partial charge in [-0.3, -0.25) is 9.59 Å². The van der Waals surface area contributed by atoms with Crippen molar-refractivity contribution in [2.75, 3.05) is 0 Å². The van der Waals surface area contributed by atoms with E-state index in [1.54, 1.807) is 0 Å². The zero-order valence-corrected chi connectivity index (χ0v) is 7.40. The Hall–Kier alpha value is -0.620. The molecule has 0 rings (SSSR count). The molecule has 0 bridgehead atoms. The van der Waals surface area contributed by atoms with Gasteiger partial charge in [0.25, 0.3) is 0 Å². The molecule has 0 aliphatic carbocycles. The van der Waals surface area contributed by atoms with Gasteiger partial charge in [-0.05, 0) is 6.42 Å². The van der Waals surface area contributed by atoms with Crippen molar-refractivity contribution in [1.82, 2.24) is 0 Å². The van der Waals surface area contributed by atoms with Crippen molar-refractivity contribution < 1.29 is 19.8 Å². The molecule has 0 saturated heterocycles. The van der Waals surface area contributed by atoms with Gasteiger partial charge >= 0.3 is 11.9 Å². The first-order chi connectivity index (χ1) is 4.54. The summed E-state index contributed by atoms with van der Waals surface area (Å²) >= 11 is 0. The van der Waals surface area contributed by atoms with Gasteiger partial charge in [-0.25, -0.2) is 0 Å². The fourth-order valence-corrected chi connectivity index (χ4v) is 0.402. The molecule has 11 heavy (non-hydrogen) atoms. The SMILES string of the molecule is Br.N[C@@H](CCC(=O)O)C(=O)O. The van der Waals surface area contributed by atoms with Crippen LogP contribution in [0.1, 0.15) is 12.8 Å². The lowest BCUT2D eigenvalue weighted by atomic mass is 10.2. The quantitative estimate of drug-likeness (QED) is 0.620. The summed E-state index contributed by atoms with van der Waals surface area (Å²) in [6.45, 7) is 0. The third-order valence-corrected chi connectivity index (χ3v) is 0.986. The summed E-state index contributed by atoms with van der Waals surface area (Å²) in [6.07, 6.45) is -0.224. The maximum absolute atomic E-state index is 9.99. The second kappa shape index (κ2) is 6.11. The summed E-state index contributed by atoms with van der Waals surface area (Å²) in [6, 6.07) is -1.06. The molecule has 0 aliphatic rings. The number of rotatable bonds is 4. The Labute approximate surface area is 74.0 Å². The van der Waals surface area contributed by atoms with Crippen LogP contribution in [0.2, 0.25) is 0 Å². The molecule has 0 radical (unpaired) electrons. The first-order valence-electron chi connectivity index (χ1n) is 2.74. The van der Waals surface area contributed by atoms with Gasteiger partial charge in [0.1, 0.15) is 6.04 Å². The molecule has 0 unspecified atom stereocenters. The fraction of sp³-hybridized carbons (Fsp3) is 0.600. The minimum absolute atomic E-state index is 0. The molecule has 1 atom stereocenters. The lowest BCUT2D eigenvalue weighted by Crippen LogP contribution is -2.30. The minimum Gasteiger partial charge on any atom is -0.481 e. The number of carboxylic acids is 2. The van der Waals surface area contributed by atoms with Crippen molar-refractivity contribution in [3.63, 3.8) is 0 Å². The molecule has 0 amide bonds. The van der Waals surface area contributed by atoms with Gasteiger partial charge < -0.3 is 15.9 Å². The molecule has 0 aromatic carbocycles. The van der Waals surface area contributed by atoms with Gasteiger partial charge in [0.05, 0.1) is 0 Å². The normalized spacial score (nSPS) is 11.4. The first-order valence-corrected chi connectivity index (χ1v) is 2.74. The monoisotopic (exact) mass is 227 g/mol. The summed E-state index contributed by atoms with van der Waals surface area (Å²) in [7, 11) is 0. The standard InChI is InChI=1S/C5H9NO4.BrH/c6-3(5(9)10)1-2-4(7)8;/h3H,1-2,6H2,(H,7,8)(H,9,10);1H/t3-;/m0./s1. The smallest absolute Gasteiger partial charge is 0.320 e. The topological polar surface area (TPSA) is 101 Å². The largest absolute Gasteiger partial charge is 0.481 e. The van der Waals surface area contributed by atoms with Crippen molar-refractivity contribution >= 4 is 28.9 Å². The Morgan fingerprint density at radius 3 is 2.09 bits per heavy atom. The van der Waals surface area contributed by atoms with Crippen molar-refractivity contribution in [3.8, 4) is 0 Å². The first kappa shape index (κ1) is 13.0. The maximum atomic E-state index is 9.99. The van der Waals surface area contributed by atoms with Crippen molar-refractivity contribution in [3.05, 3.63) is 0 Å². The van der Waals surface area contributed by atoms with Crippen LogP contribution in [0.15, 0.2) is 0 Å². The van der Waals surface area contributed by atoms with Crippen molar-refractivity contribution in [2.45, 2.75) is 18.9 Å². The van der Waals surface area contributed by atoms with Gasteiger partial charge in [-0.1, -0.05) is 0 Å². The van der Waals surface area contributed by atoms with E-state index >= 15 is 0 Å².